The van der Waals surface area contributed by atoms with Crippen LogP contribution in [0.5, 0.6) is 46.0 Å². The molecule has 64 heavy (non-hydrogen) atoms. The van der Waals surface area contributed by atoms with Crippen molar-refractivity contribution in [2.75, 3.05) is 26.9 Å². The number of ether oxygens (including phenoxy) is 4. The van der Waals surface area contributed by atoms with E-state index in [0.29, 0.717) is 121 Å². The maximum Gasteiger partial charge on any atom is 0.142 e. The Morgan fingerprint density at radius 3 is 0.719 bits per heavy atom. The molecule has 0 fully saturated rings. The van der Waals surface area contributed by atoms with Crippen LogP contribution in [0.3, 0.4) is 0 Å². The molecule has 12 nitrogen and oxygen atoms in total. The number of rotatable bonds is 4. The van der Waals surface area contributed by atoms with E-state index in [2.05, 4.69) is 127 Å². The Morgan fingerprint density at radius 1 is 0.359 bits per heavy atom. The third-order valence-electron chi connectivity index (χ3n) is 15.2. The first-order chi connectivity index (χ1) is 30.4. The molecule has 4 atom stereocenters. The molecular weight excluding hydrogens is 809 g/mol. The van der Waals surface area contributed by atoms with Crippen LogP contribution in [0.25, 0.3) is 0 Å². The first-order valence-electron chi connectivity index (χ1n) is 23.4. The summed E-state index contributed by atoms with van der Waals surface area (Å²) in [5.41, 5.74) is 9.11. The minimum absolute atomic E-state index is 0.167. The Bertz CT molecular complexity index is 2160. The van der Waals surface area contributed by atoms with Crippen molar-refractivity contribution in [1.29, 1.82) is 0 Å². The van der Waals surface area contributed by atoms with Crippen molar-refractivity contribution in [3.63, 3.8) is 0 Å². The number of aromatic hydroxyl groups is 4. The highest BCUT2D eigenvalue weighted by molar-refractivity contribution is 5.68. The van der Waals surface area contributed by atoms with Crippen molar-refractivity contribution in [1.82, 2.24) is 19.6 Å². The summed E-state index contributed by atoms with van der Waals surface area (Å²) in [6.45, 7) is 28.8. The van der Waals surface area contributed by atoms with Crippen LogP contribution in [0, 0.1) is 0 Å². The van der Waals surface area contributed by atoms with Crippen LogP contribution in [0.15, 0.2) is 24.3 Å². The molecule has 4 aliphatic heterocycles. The van der Waals surface area contributed by atoms with Crippen LogP contribution in [0.1, 0.15) is 174 Å². The van der Waals surface area contributed by atoms with Gasteiger partial charge in [0.15, 0.2) is 0 Å². The molecule has 0 spiro atoms. The Hall–Kier alpha value is -4.88. The zero-order chi connectivity index (χ0) is 45.8. The third-order valence-corrected chi connectivity index (χ3v) is 15.2. The molecular formula is C52H68N4O8. The molecule has 0 aromatic heterocycles. The van der Waals surface area contributed by atoms with Crippen molar-refractivity contribution in [3.8, 4) is 46.0 Å². The van der Waals surface area contributed by atoms with Gasteiger partial charge in [0.25, 0.3) is 0 Å². The van der Waals surface area contributed by atoms with Crippen molar-refractivity contribution in [2.24, 2.45) is 0 Å². The molecule has 4 unspecified atom stereocenters. The van der Waals surface area contributed by atoms with Crippen LogP contribution >= 0.6 is 0 Å². The topological polar surface area (TPSA) is 131 Å². The number of phenols is 4. The van der Waals surface area contributed by atoms with Crippen molar-refractivity contribution < 1.29 is 39.4 Å². The fourth-order valence-electron chi connectivity index (χ4n) is 10.5. The number of phenolic OH excluding ortho intramolecular Hbond substituents is 4. The van der Waals surface area contributed by atoms with Gasteiger partial charge in [0.1, 0.15) is 72.9 Å². The fourth-order valence-corrected chi connectivity index (χ4v) is 10.5. The Kier molecular flexibility index (Phi) is 11.4. The molecule has 4 aromatic rings. The maximum absolute atomic E-state index is 12.6. The van der Waals surface area contributed by atoms with Gasteiger partial charge in [0.2, 0.25) is 0 Å². The predicted octanol–water partition coefficient (Wildman–Crippen LogP) is 9.67. The monoisotopic (exact) mass is 877 g/mol. The fraction of sp³-hybridized carbons (Fsp3) is 0.538. The molecule has 0 radical (unpaired) electrons. The summed E-state index contributed by atoms with van der Waals surface area (Å²) in [7, 11) is 0. The van der Waals surface area contributed by atoms with Gasteiger partial charge in [-0.15, -0.1) is 0 Å². The summed E-state index contributed by atoms with van der Waals surface area (Å²) >= 11 is 0. The van der Waals surface area contributed by atoms with Crippen molar-refractivity contribution >= 4 is 0 Å². The lowest BCUT2D eigenvalue weighted by atomic mass is 9.78. The highest BCUT2D eigenvalue weighted by atomic mass is 16.5. The molecule has 344 valence electrons. The van der Waals surface area contributed by atoms with Gasteiger partial charge in [0, 0.05) is 119 Å². The summed E-state index contributed by atoms with van der Waals surface area (Å²) in [6, 6.07) is 8.90. The minimum atomic E-state index is -0.398. The lowest BCUT2D eigenvalue weighted by Crippen LogP contribution is -2.38. The molecule has 4 aromatic carbocycles. The number of benzene rings is 4. The van der Waals surface area contributed by atoms with Crippen LogP contribution in [-0.4, -0.2) is 91.1 Å². The first-order valence-corrected chi connectivity index (χ1v) is 23.4. The summed E-state index contributed by atoms with van der Waals surface area (Å²) in [5.74, 6) is 1.61. The van der Waals surface area contributed by atoms with Crippen molar-refractivity contribution in [2.45, 2.75) is 157 Å². The highest BCUT2D eigenvalue weighted by Crippen LogP contribution is 2.55. The Balaban J connectivity index is 1.38. The second kappa shape index (κ2) is 16.5. The second-order valence-electron chi connectivity index (χ2n) is 20.2. The smallest absolute Gasteiger partial charge is 0.142 e. The van der Waals surface area contributed by atoms with Gasteiger partial charge in [-0.05, 0) is 79.7 Å². The number of fused-ring (bicyclic) bond motifs is 16. The lowest BCUT2D eigenvalue weighted by Gasteiger charge is -2.38. The molecule has 0 saturated heterocycles. The van der Waals surface area contributed by atoms with Gasteiger partial charge in [-0.2, -0.15) is 0 Å². The van der Waals surface area contributed by atoms with Crippen LogP contribution in [-0.2, 0) is 26.2 Å². The number of hydrogen-bond donors (Lipinski definition) is 4. The zero-order valence-electron chi connectivity index (χ0n) is 39.8. The van der Waals surface area contributed by atoms with Gasteiger partial charge < -0.3 is 39.4 Å². The molecule has 8 bridgehead atoms. The standard InChI is InChI=1S/C52H68N4O8/c1-25(2)53-17-41-45(57)33-13-37(49(41)61-21-53)30(10)34-14-39(51-42(46(34)58)18-54(23-63-51)26(3)4)32(12)36-16-40(52-44(48(36)60)20-56(24-64-52)28(7)8)31(11)35-15-38(29(33)9)50-43(47(35)59)19-55(22-62-50)27(5)6/h13-16,25-32,57-60H,17-24H2,1-12H3. The van der Waals surface area contributed by atoms with E-state index in [-0.39, 0.29) is 47.2 Å². The summed E-state index contributed by atoms with van der Waals surface area (Å²) in [6.07, 6.45) is 0. The van der Waals surface area contributed by atoms with E-state index in [1.165, 1.54) is 0 Å². The molecule has 12 heteroatoms. The summed E-state index contributed by atoms with van der Waals surface area (Å²) in [4.78, 5) is 8.78. The lowest BCUT2D eigenvalue weighted by molar-refractivity contribution is 0.0653. The second-order valence-corrected chi connectivity index (χ2v) is 20.2. The SMILES string of the molecule is CC1c2cc(c3c(c2O)CN(C(C)C)CO3)C(C)c2cc(c3c(c2O)CN(C(C)C)CO3)C(C)c2cc(c3c(c2O)CN(C(C)C)CO3)C(C)c2cc1c1c(c2O)CN(C(C)C)CO1. The summed E-state index contributed by atoms with van der Waals surface area (Å²) in [5, 5.41) is 50.2. The predicted molar refractivity (Wildman–Crippen MR) is 247 cm³/mol. The van der Waals surface area contributed by atoms with Gasteiger partial charge in [-0.3, -0.25) is 19.6 Å². The molecule has 0 saturated carbocycles. The number of hydrogen-bond acceptors (Lipinski definition) is 12. The average molecular weight is 877 g/mol. The van der Waals surface area contributed by atoms with E-state index >= 15 is 0 Å². The quantitative estimate of drug-likeness (QED) is 0.156. The van der Waals surface area contributed by atoms with Gasteiger partial charge in [0.05, 0.1) is 22.3 Å². The molecule has 0 amide bonds. The summed E-state index contributed by atoms with van der Waals surface area (Å²) < 4.78 is 26.6. The number of nitrogens with zero attached hydrogens (tertiary/aromatic N) is 4. The van der Waals surface area contributed by atoms with Gasteiger partial charge >= 0.3 is 0 Å². The normalized spacial score (nSPS) is 22.6. The van der Waals surface area contributed by atoms with E-state index in [9.17, 15) is 20.4 Å². The third kappa shape index (κ3) is 7.11. The molecule has 1 aliphatic carbocycles. The Labute approximate surface area is 378 Å². The Morgan fingerprint density at radius 2 is 0.547 bits per heavy atom. The van der Waals surface area contributed by atoms with Gasteiger partial charge in [-0.1, -0.05) is 27.7 Å². The maximum atomic E-state index is 12.6. The highest BCUT2D eigenvalue weighted by Gasteiger charge is 2.39. The molecule has 9 rings (SSSR count). The van der Waals surface area contributed by atoms with Gasteiger partial charge in [-0.25, -0.2) is 0 Å². The average Bonchev–Trinajstić information content (AvgIpc) is 3.28. The molecule has 4 heterocycles. The van der Waals surface area contributed by atoms with Crippen LogP contribution < -0.4 is 18.9 Å². The van der Waals surface area contributed by atoms with Crippen LogP contribution in [0.4, 0.5) is 0 Å². The van der Waals surface area contributed by atoms with E-state index in [0.717, 1.165) is 22.3 Å². The minimum Gasteiger partial charge on any atom is -0.507 e. The van der Waals surface area contributed by atoms with Crippen molar-refractivity contribution in [3.05, 3.63) is 91.0 Å². The van der Waals surface area contributed by atoms with E-state index < -0.39 is 23.7 Å². The molecule has 5 aliphatic rings. The van der Waals surface area contributed by atoms with E-state index in [1.54, 1.807) is 0 Å². The van der Waals surface area contributed by atoms with E-state index in [1.807, 2.05) is 0 Å². The van der Waals surface area contributed by atoms with E-state index in [4.69, 9.17) is 18.9 Å². The zero-order valence-corrected chi connectivity index (χ0v) is 39.8. The molecule has 4 N–H and O–H groups in total. The largest absolute Gasteiger partial charge is 0.507 e. The first kappa shape index (κ1) is 44.3. The van der Waals surface area contributed by atoms with Crippen LogP contribution in [0.2, 0.25) is 0 Å².